The SMILES string of the molecule is Cc1ncc(C[n+]2csc(CCO)c2C)c(N)n1.[CaH2].[CaH2].[CaH2].[Cl-]. The van der Waals surface area contributed by atoms with Gasteiger partial charge < -0.3 is 23.2 Å². The summed E-state index contributed by atoms with van der Waals surface area (Å²) < 4.78 is 2.11. The number of hydrogen-bond donors (Lipinski definition) is 2. The Labute approximate surface area is 230 Å². The molecule has 0 saturated carbocycles. The van der Waals surface area contributed by atoms with Crippen molar-refractivity contribution in [1.82, 2.24) is 9.97 Å². The smallest absolute Gasteiger partial charge is 1.00 e. The topological polar surface area (TPSA) is 75.9 Å². The van der Waals surface area contributed by atoms with Crippen molar-refractivity contribution >= 4 is 130 Å². The molecular weight excluding hydrogens is 404 g/mol. The van der Waals surface area contributed by atoms with E-state index in [4.69, 9.17) is 10.8 Å². The molecule has 0 aliphatic heterocycles. The van der Waals surface area contributed by atoms with Crippen molar-refractivity contribution in [2.75, 3.05) is 12.3 Å². The summed E-state index contributed by atoms with van der Waals surface area (Å²) in [6.07, 6.45) is 2.47. The first-order chi connectivity index (χ1) is 8.61. The van der Waals surface area contributed by atoms with Crippen LogP contribution in [0.25, 0.3) is 0 Å². The molecule has 2 aromatic heterocycles. The number of halogens is 1. The van der Waals surface area contributed by atoms with E-state index in [9.17, 15) is 0 Å². The Morgan fingerprint density at radius 3 is 2.45 bits per heavy atom. The molecule has 10 heteroatoms. The fourth-order valence-electron chi connectivity index (χ4n) is 1.77. The Balaban J connectivity index is -0.000000902. The molecule has 2 aromatic rings. The van der Waals surface area contributed by atoms with Gasteiger partial charge in [-0.2, -0.15) is 4.57 Å². The van der Waals surface area contributed by atoms with E-state index in [1.54, 1.807) is 17.5 Å². The minimum absolute atomic E-state index is 0. The summed E-state index contributed by atoms with van der Waals surface area (Å²) in [5, 5.41) is 8.98. The molecule has 0 aliphatic carbocycles. The van der Waals surface area contributed by atoms with E-state index < -0.39 is 0 Å². The zero-order valence-corrected chi connectivity index (χ0v) is 12.5. The fourth-order valence-corrected chi connectivity index (χ4v) is 2.75. The average molecular weight is 427 g/mol. The number of nitrogens with two attached hydrogens (primary N) is 1. The van der Waals surface area contributed by atoms with E-state index >= 15 is 0 Å². The third kappa shape index (κ3) is 8.28. The van der Waals surface area contributed by atoms with Crippen molar-refractivity contribution in [3.05, 3.63) is 33.7 Å². The Hall–Kier alpha value is 2.54. The summed E-state index contributed by atoms with van der Waals surface area (Å²) >= 11 is 1.65. The van der Waals surface area contributed by atoms with Crippen molar-refractivity contribution in [3.8, 4) is 0 Å². The van der Waals surface area contributed by atoms with Crippen LogP contribution in [0, 0.1) is 13.8 Å². The predicted octanol–water partition coefficient (Wildman–Crippen LogP) is -5.14. The van der Waals surface area contributed by atoms with Gasteiger partial charge >= 0.3 is 113 Å². The van der Waals surface area contributed by atoms with Crippen LogP contribution in [0.1, 0.15) is 22.0 Å². The number of anilines is 1. The molecule has 3 N–H and O–H groups in total. The number of hydrogen-bond acceptors (Lipinski definition) is 5. The van der Waals surface area contributed by atoms with Crippen LogP contribution in [-0.4, -0.2) is 135 Å². The Kier molecular flexibility index (Phi) is 19.6. The van der Waals surface area contributed by atoms with E-state index in [1.807, 2.05) is 19.4 Å². The number of nitrogen functional groups attached to an aromatic ring is 1. The van der Waals surface area contributed by atoms with Gasteiger partial charge in [-0.25, -0.2) is 9.97 Å². The Morgan fingerprint density at radius 2 is 1.91 bits per heavy atom. The van der Waals surface area contributed by atoms with Gasteiger partial charge in [-0.05, 0) is 6.92 Å². The molecule has 0 saturated heterocycles. The fraction of sp³-hybridized carbons (Fsp3) is 0.417. The number of aliphatic hydroxyl groups is 1. The Bertz CT molecular complexity index is 571. The molecule has 2 rings (SSSR count). The van der Waals surface area contributed by atoms with E-state index in [1.165, 1.54) is 4.88 Å². The number of aliphatic hydroxyl groups excluding tert-OH is 1. The van der Waals surface area contributed by atoms with Crippen LogP contribution in [0.4, 0.5) is 5.82 Å². The van der Waals surface area contributed by atoms with Crippen molar-refractivity contribution in [2.45, 2.75) is 26.8 Å². The molecule has 0 aromatic carbocycles. The molecular formula is C12H23Ca3ClN4OS. The van der Waals surface area contributed by atoms with Crippen molar-refractivity contribution in [2.24, 2.45) is 0 Å². The van der Waals surface area contributed by atoms with Crippen LogP contribution in [0.5, 0.6) is 0 Å². The van der Waals surface area contributed by atoms with E-state index in [-0.39, 0.29) is 132 Å². The summed E-state index contributed by atoms with van der Waals surface area (Å²) in [6.45, 7) is 4.71. The molecule has 0 fully saturated rings. The molecule has 0 radical (unpaired) electrons. The van der Waals surface area contributed by atoms with Crippen LogP contribution in [-0.2, 0) is 13.0 Å². The maximum atomic E-state index is 8.98. The van der Waals surface area contributed by atoms with Gasteiger partial charge in [0.25, 0.3) is 0 Å². The Morgan fingerprint density at radius 1 is 1.27 bits per heavy atom. The van der Waals surface area contributed by atoms with E-state index in [2.05, 4.69) is 14.5 Å². The normalized spacial score (nSPS) is 8.86. The molecule has 22 heavy (non-hydrogen) atoms. The number of aryl methyl sites for hydroxylation is 1. The maximum absolute atomic E-state index is 8.98. The third-order valence-corrected chi connectivity index (χ3v) is 4.00. The van der Waals surface area contributed by atoms with Crippen molar-refractivity contribution in [1.29, 1.82) is 0 Å². The molecule has 116 valence electrons. The monoisotopic (exact) mass is 426 g/mol. The molecule has 2 heterocycles. The third-order valence-electron chi connectivity index (χ3n) is 2.85. The maximum Gasteiger partial charge on any atom is -1.00 e. The predicted molar refractivity (Wildman–Crippen MR) is 96.0 cm³/mol. The van der Waals surface area contributed by atoms with Crippen molar-refractivity contribution < 1.29 is 22.1 Å². The number of thiazole rings is 1. The average Bonchev–Trinajstić information content (AvgIpc) is 2.66. The van der Waals surface area contributed by atoms with Crippen LogP contribution in [0.15, 0.2) is 11.7 Å². The molecule has 0 atom stereocenters. The van der Waals surface area contributed by atoms with Gasteiger partial charge in [0.05, 0.1) is 10.4 Å². The zero-order chi connectivity index (χ0) is 13.1. The minimum Gasteiger partial charge on any atom is -1.00 e. The second-order valence-electron chi connectivity index (χ2n) is 4.16. The minimum atomic E-state index is 0. The van der Waals surface area contributed by atoms with Crippen LogP contribution in [0.2, 0.25) is 0 Å². The summed E-state index contributed by atoms with van der Waals surface area (Å²) in [5.41, 5.74) is 10.0. The largest absolute Gasteiger partial charge is 1.00 e. The van der Waals surface area contributed by atoms with Gasteiger partial charge in [-0.3, -0.25) is 0 Å². The quantitative estimate of drug-likeness (QED) is 0.379. The van der Waals surface area contributed by atoms with Gasteiger partial charge in [0.15, 0.2) is 12.2 Å². The second-order valence-corrected chi connectivity index (χ2v) is 5.10. The number of aromatic nitrogens is 3. The van der Waals surface area contributed by atoms with Gasteiger partial charge in [0, 0.05) is 26.1 Å². The van der Waals surface area contributed by atoms with Crippen molar-refractivity contribution in [3.63, 3.8) is 0 Å². The standard InChI is InChI=1S/C12H17N4OS.3Ca.ClH.6H/c1-8-11(3-4-17)18-7-16(8)6-10-5-14-9(2)15-12(10)13;;;;;;;;;;/h5,7,17H,3-4,6H2,1-2H3,(H2,13,14,15);;;;1H;;;;;;/q+1;;;;;;;;;;/p-1. The number of rotatable bonds is 4. The number of nitrogens with zero attached hydrogens (tertiary/aromatic N) is 3. The first-order valence-electron chi connectivity index (χ1n) is 5.77. The van der Waals surface area contributed by atoms with Gasteiger partial charge in [0.2, 0.25) is 5.51 Å². The molecule has 0 spiro atoms. The summed E-state index contributed by atoms with van der Waals surface area (Å²) in [5.74, 6) is 1.22. The van der Waals surface area contributed by atoms with E-state index in [0.717, 1.165) is 11.3 Å². The van der Waals surface area contributed by atoms with Gasteiger partial charge in [0.1, 0.15) is 11.6 Å². The molecule has 0 bridgehead atoms. The van der Waals surface area contributed by atoms with E-state index in [0.29, 0.717) is 24.6 Å². The molecule has 0 aliphatic rings. The van der Waals surface area contributed by atoms with Crippen LogP contribution < -0.4 is 22.7 Å². The zero-order valence-electron chi connectivity index (χ0n) is 10.9. The van der Waals surface area contributed by atoms with Gasteiger partial charge in [-0.15, -0.1) is 0 Å². The first kappa shape index (κ1) is 29.3. The molecule has 5 nitrogen and oxygen atoms in total. The summed E-state index contributed by atoms with van der Waals surface area (Å²) in [7, 11) is 0. The second kappa shape index (κ2) is 14.7. The first-order valence-corrected chi connectivity index (χ1v) is 6.65. The molecule has 0 unspecified atom stereocenters. The summed E-state index contributed by atoms with van der Waals surface area (Å²) in [6, 6.07) is 0. The molecule has 0 amide bonds. The van der Waals surface area contributed by atoms with Gasteiger partial charge in [-0.1, -0.05) is 11.3 Å². The van der Waals surface area contributed by atoms with Crippen LogP contribution in [0.3, 0.4) is 0 Å². The van der Waals surface area contributed by atoms with Crippen LogP contribution >= 0.6 is 11.3 Å². The summed E-state index contributed by atoms with van der Waals surface area (Å²) in [4.78, 5) is 9.53.